The van der Waals surface area contributed by atoms with Crippen LogP contribution in [0.2, 0.25) is 19.6 Å². The first-order valence-corrected chi connectivity index (χ1v) is 15.1. The highest BCUT2D eigenvalue weighted by Gasteiger charge is 2.37. The van der Waals surface area contributed by atoms with E-state index < -0.39 is 14.9 Å². The van der Waals surface area contributed by atoms with Crippen LogP contribution >= 0.6 is 0 Å². The molecule has 0 N–H and O–H groups in total. The van der Waals surface area contributed by atoms with E-state index in [9.17, 15) is 0 Å². The Hall–Kier alpha value is -1.87. The number of benzene rings is 2. The zero-order chi connectivity index (χ0) is 26.0. The van der Waals surface area contributed by atoms with Gasteiger partial charge >= 0.3 is 0 Å². The first-order chi connectivity index (χ1) is 15.4. The molecule has 0 spiro atoms. The van der Waals surface area contributed by atoms with Crippen LogP contribution in [0.4, 0.5) is 0 Å². The van der Waals surface area contributed by atoms with Gasteiger partial charge in [0.1, 0.15) is 5.69 Å². The summed E-state index contributed by atoms with van der Waals surface area (Å²) in [5.41, 5.74) is 6.26. The van der Waals surface area contributed by atoms with Crippen molar-refractivity contribution in [3.8, 4) is 5.69 Å². The molecule has 3 aromatic rings. The van der Waals surface area contributed by atoms with Crippen molar-refractivity contribution in [3.05, 3.63) is 52.8 Å². The summed E-state index contributed by atoms with van der Waals surface area (Å²) in [5, 5.41) is 1.49. The van der Waals surface area contributed by atoms with E-state index in [2.05, 4.69) is 96.4 Å². The van der Waals surface area contributed by atoms with Gasteiger partial charge in [-0.25, -0.2) is 4.57 Å². The van der Waals surface area contributed by atoms with Crippen molar-refractivity contribution in [2.45, 2.75) is 92.2 Å². The first-order valence-electron chi connectivity index (χ1n) is 13.1. The zero-order valence-corrected chi connectivity index (χ0v) is 22.4. The molecule has 1 heterocycles. The highest BCUT2D eigenvalue weighted by molar-refractivity contribution is 6.88. The largest absolute Gasteiger partial charge is 0.267 e. The normalized spacial score (nSPS) is 14.9. The third-order valence-electron chi connectivity index (χ3n) is 6.28. The summed E-state index contributed by atoms with van der Waals surface area (Å²) in [6, 6.07) is 10.5. The third kappa shape index (κ3) is 4.26. The topological polar surface area (TPSA) is 8.81 Å². The minimum absolute atomic E-state index is 0.145. The number of imidazole rings is 1. The van der Waals surface area contributed by atoms with Crippen molar-refractivity contribution in [2.24, 2.45) is 7.05 Å². The van der Waals surface area contributed by atoms with Crippen LogP contribution in [-0.4, -0.2) is 12.6 Å². The Morgan fingerprint density at radius 1 is 0.935 bits per heavy atom. The van der Waals surface area contributed by atoms with Crippen LogP contribution in [0.1, 0.15) is 86.9 Å². The number of rotatable bonds is 4. The molecule has 0 aliphatic heterocycles. The Morgan fingerprint density at radius 3 is 1.90 bits per heavy atom. The van der Waals surface area contributed by atoms with E-state index in [0.29, 0.717) is 17.4 Å². The summed E-state index contributed by atoms with van der Waals surface area (Å²) >= 11 is 0. The van der Waals surface area contributed by atoms with Crippen LogP contribution in [-0.2, 0) is 12.5 Å². The minimum atomic E-state index is -2.13. The molecule has 0 saturated heterocycles. The molecule has 168 valence electrons. The molecule has 0 unspecified atom stereocenters. The van der Waals surface area contributed by atoms with Gasteiger partial charge in [0.15, 0.2) is 11.0 Å². The number of nitrogens with zero attached hydrogens (tertiary/aromatic N) is 2. The number of fused-ring (bicyclic) bond motifs is 1. The molecular formula is C28H43N2Si+. The summed E-state index contributed by atoms with van der Waals surface area (Å²) < 4.78 is 28.5. The second-order valence-electron chi connectivity index (χ2n) is 11.7. The molecule has 0 aliphatic carbocycles. The maximum atomic E-state index is 7.95. The lowest BCUT2D eigenvalue weighted by molar-refractivity contribution is -0.583. The van der Waals surface area contributed by atoms with Crippen LogP contribution in [0.15, 0.2) is 30.3 Å². The lowest BCUT2D eigenvalue weighted by atomic mass is 9.90. The average Bonchev–Trinajstić information content (AvgIpc) is 2.97. The minimum Gasteiger partial charge on any atom is -0.229 e. The van der Waals surface area contributed by atoms with Crippen molar-refractivity contribution >= 4 is 24.3 Å². The van der Waals surface area contributed by atoms with Gasteiger partial charge < -0.3 is 0 Å². The molecule has 1 aromatic heterocycles. The predicted octanol–water partition coefficient (Wildman–Crippen LogP) is 6.85. The molecule has 0 amide bonds. The predicted molar refractivity (Wildman–Crippen MR) is 139 cm³/mol. The van der Waals surface area contributed by atoms with Gasteiger partial charge in [0.05, 0.1) is 20.5 Å². The van der Waals surface area contributed by atoms with E-state index in [1.54, 1.807) is 6.07 Å². The van der Waals surface area contributed by atoms with Crippen molar-refractivity contribution in [3.63, 3.8) is 0 Å². The molecule has 0 atom stereocenters. The lowest BCUT2D eigenvalue weighted by Crippen LogP contribution is -2.45. The van der Waals surface area contributed by atoms with Crippen LogP contribution in [0, 0.1) is 6.85 Å². The second-order valence-corrected chi connectivity index (χ2v) is 16.8. The van der Waals surface area contributed by atoms with Gasteiger partial charge in [-0.15, -0.1) is 0 Å². The highest BCUT2D eigenvalue weighted by atomic mass is 28.3. The molecule has 2 aromatic carbocycles. The molecule has 0 aliphatic rings. The molecule has 0 fully saturated rings. The SMILES string of the molecule is [2H]C([2H])([2H])c1ccc2c(c1)n(C)c(C(C)(C)C)[n+]2-c1c(C(C)C)cc([Si](C)(C)C)cc1C(C)C. The fourth-order valence-corrected chi connectivity index (χ4v) is 5.85. The summed E-state index contributed by atoms with van der Waals surface area (Å²) in [6.45, 7) is 21.0. The van der Waals surface area contributed by atoms with Crippen LogP contribution in [0.25, 0.3) is 16.7 Å². The van der Waals surface area contributed by atoms with Crippen molar-refractivity contribution < 1.29 is 8.68 Å². The quantitative estimate of drug-likeness (QED) is 0.311. The van der Waals surface area contributed by atoms with Crippen LogP contribution in [0.5, 0.6) is 0 Å². The lowest BCUT2D eigenvalue weighted by Gasteiger charge is -2.26. The molecule has 0 radical (unpaired) electrons. The summed E-state index contributed by atoms with van der Waals surface area (Å²) in [4.78, 5) is 0. The van der Waals surface area contributed by atoms with E-state index in [-0.39, 0.29) is 5.41 Å². The molecule has 0 saturated carbocycles. The summed E-state index contributed by atoms with van der Waals surface area (Å²) in [6.07, 6.45) is 0. The van der Waals surface area contributed by atoms with E-state index in [1.165, 1.54) is 27.8 Å². The van der Waals surface area contributed by atoms with Crippen molar-refractivity contribution in [1.82, 2.24) is 4.57 Å². The zero-order valence-electron chi connectivity index (χ0n) is 24.4. The van der Waals surface area contributed by atoms with Gasteiger partial charge in [-0.1, -0.05) is 70.7 Å². The van der Waals surface area contributed by atoms with Crippen LogP contribution < -0.4 is 9.75 Å². The molecule has 0 bridgehead atoms. The number of hydrogen-bond acceptors (Lipinski definition) is 0. The Kier molecular flexibility index (Phi) is 5.05. The monoisotopic (exact) mass is 438 g/mol. The smallest absolute Gasteiger partial charge is 0.229 e. The maximum Gasteiger partial charge on any atom is 0.267 e. The fraction of sp³-hybridized carbons (Fsp3) is 0.536. The Labute approximate surface area is 195 Å². The number of aryl methyl sites for hydroxylation is 2. The van der Waals surface area contributed by atoms with Gasteiger partial charge in [-0.05, 0) is 57.2 Å². The average molecular weight is 439 g/mol. The van der Waals surface area contributed by atoms with Gasteiger partial charge in [0, 0.05) is 15.2 Å². The third-order valence-corrected chi connectivity index (χ3v) is 8.30. The Balaban J connectivity index is 2.58. The number of hydrogen-bond donors (Lipinski definition) is 0. The van der Waals surface area contributed by atoms with E-state index in [4.69, 9.17) is 4.11 Å². The summed E-state index contributed by atoms with van der Waals surface area (Å²) in [5.74, 6) is 1.90. The molecular weight excluding hydrogens is 392 g/mol. The van der Waals surface area contributed by atoms with Gasteiger partial charge in [0.2, 0.25) is 0 Å². The van der Waals surface area contributed by atoms with E-state index in [0.717, 1.165) is 11.0 Å². The maximum absolute atomic E-state index is 7.95. The second kappa shape index (κ2) is 7.92. The van der Waals surface area contributed by atoms with Crippen LogP contribution in [0.3, 0.4) is 0 Å². The highest BCUT2D eigenvalue weighted by Crippen LogP contribution is 2.33. The fourth-order valence-electron chi connectivity index (χ4n) is 4.68. The van der Waals surface area contributed by atoms with Gasteiger partial charge in [-0.3, -0.25) is 0 Å². The van der Waals surface area contributed by atoms with Crippen molar-refractivity contribution in [1.29, 1.82) is 0 Å². The van der Waals surface area contributed by atoms with Gasteiger partial charge in [0.25, 0.3) is 5.82 Å². The first kappa shape index (κ1) is 19.8. The molecule has 3 heteroatoms. The summed E-state index contributed by atoms with van der Waals surface area (Å²) in [7, 11) is 0.557. The Morgan fingerprint density at radius 2 is 1.48 bits per heavy atom. The van der Waals surface area contributed by atoms with Gasteiger partial charge in [-0.2, -0.15) is 4.57 Å². The molecule has 31 heavy (non-hydrogen) atoms. The van der Waals surface area contributed by atoms with E-state index >= 15 is 0 Å². The molecule has 3 rings (SSSR count). The van der Waals surface area contributed by atoms with E-state index in [1.807, 2.05) is 12.1 Å². The van der Waals surface area contributed by atoms with Crippen molar-refractivity contribution in [2.75, 3.05) is 0 Å². The molecule has 2 nitrogen and oxygen atoms in total. The Bertz CT molecular complexity index is 1190. The standard InChI is InChI=1S/C28H43N2Si/c1-18(2)22-16-21(31(10,11)12)17-23(19(3)4)26(22)30-24-14-13-20(5)15-25(24)29(9)27(30)28(6,7)8/h13-19H,1-12H3/q+1/i5D3. The number of aromatic nitrogens is 2.